The van der Waals surface area contributed by atoms with Gasteiger partial charge in [0.05, 0.1) is 6.61 Å². The van der Waals surface area contributed by atoms with Gasteiger partial charge in [0, 0.05) is 18.8 Å². The van der Waals surface area contributed by atoms with Crippen molar-refractivity contribution in [3.8, 4) is 5.75 Å². The second-order valence-electron chi connectivity index (χ2n) is 6.42. The number of pyridine rings is 1. The zero-order valence-corrected chi connectivity index (χ0v) is 14.7. The summed E-state index contributed by atoms with van der Waals surface area (Å²) in [5.41, 5.74) is 1.88. The smallest absolute Gasteiger partial charge is 0.260 e. The Morgan fingerprint density at radius 1 is 1.20 bits per heavy atom. The van der Waals surface area contributed by atoms with Crippen LogP contribution in [0.3, 0.4) is 0 Å². The number of hydrogen-bond donors (Lipinski definition) is 1. The molecule has 2 aromatic rings. The highest BCUT2D eigenvalue weighted by Crippen LogP contribution is 2.34. The van der Waals surface area contributed by atoms with Gasteiger partial charge in [0.15, 0.2) is 0 Å². The molecule has 3 rings (SSSR count). The molecule has 1 amide bonds. The highest BCUT2D eigenvalue weighted by atomic mass is 16.5. The second kappa shape index (κ2) is 7.55. The van der Waals surface area contributed by atoms with Gasteiger partial charge in [0.25, 0.3) is 11.5 Å². The Hall–Kier alpha value is -2.56. The third-order valence-electron chi connectivity index (χ3n) is 4.73. The number of piperidine rings is 1. The molecule has 0 bridgehead atoms. The van der Waals surface area contributed by atoms with Gasteiger partial charge in [0.2, 0.25) is 0 Å². The number of H-pyrrole nitrogens is 1. The van der Waals surface area contributed by atoms with Crippen LogP contribution in [0.2, 0.25) is 0 Å². The van der Waals surface area contributed by atoms with Crippen LogP contribution in [0.15, 0.2) is 41.2 Å². The molecule has 132 valence electrons. The first-order valence-electron chi connectivity index (χ1n) is 8.81. The quantitative estimate of drug-likeness (QED) is 0.930. The van der Waals surface area contributed by atoms with Crippen molar-refractivity contribution in [3.63, 3.8) is 0 Å². The van der Waals surface area contributed by atoms with Gasteiger partial charge in [-0.05, 0) is 56.4 Å². The molecule has 25 heavy (non-hydrogen) atoms. The van der Waals surface area contributed by atoms with E-state index in [0.717, 1.165) is 24.3 Å². The maximum absolute atomic E-state index is 12.6. The van der Waals surface area contributed by atoms with Crippen LogP contribution in [0.4, 0.5) is 0 Å². The van der Waals surface area contributed by atoms with Crippen molar-refractivity contribution in [2.45, 2.75) is 32.6 Å². The molecule has 2 heterocycles. The van der Waals surface area contributed by atoms with Crippen molar-refractivity contribution < 1.29 is 9.53 Å². The Morgan fingerprint density at radius 3 is 2.60 bits per heavy atom. The zero-order valence-electron chi connectivity index (χ0n) is 14.7. The van der Waals surface area contributed by atoms with Gasteiger partial charge in [-0.2, -0.15) is 0 Å². The van der Waals surface area contributed by atoms with Gasteiger partial charge >= 0.3 is 0 Å². The summed E-state index contributed by atoms with van der Waals surface area (Å²) < 4.78 is 5.73. The molecule has 5 heteroatoms. The van der Waals surface area contributed by atoms with E-state index in [0.29, 0.717) is 25.6 Å². The number of aromatic nitrogens is 1. The first-order valence-corrected chi connectivity index (χ1v) is 8.81. The molecule has 1 N–H and O–H groups in total. The number of benzene rings is 1. The third kappa shape index (κ3) is 3.76. The number of ether oxygens (including phenoxy) is 1. The lowest BCUT2D eigenvalue weighted by molar-refractivity contribution is 0.0710. The summed E-state index contributed by atoms with van der Waals surface area (Å²) in [6.07, 6.45) is 1.75. The maximum atomic E-state index is 12.6. The lowest BCUT2D eigenvalue weighted by Crippen LogP contribution is -2.40. The number of nitrogens with one attached hydrogen (secondary N) is 1. The highest BCUT2D eigenvalue weighted by molar-refractivity contribution is 5.93. The number of carbonyl (C=O) groups is 1. The van der Waals surface area contributed by atoms with Crippen molar-refractivity contribution in [3.05, 3.63) is 63.6 Å². The van der Waals surface area contributed by atoms with Gasteiger partial charge in [0.1, 0.15) is 11.3 Å². The Labute approximate surface area is 147 Å². The number of aromatic amines is 1. The summed E-state index contributed by atoms with van der Waals surface area (Å²) in [6.45, 7) is 5.73. The van der Waals surface area contributed by atoms with E-state index in [1.807, 2.05) is 25.1 Å². The number of aryl methyl sites for hydroxylation is 1. The number of likely N-dealkylation sites (tertiary alicyclic amines) is 1. The summed E-state index contributed by atoms with van der Waals surface area (Å²) >= 11 is 0. The number of carbonyl (C=O) groups excluding carboxylic acids is 1. The van der Waals surface area contributed by atoms with E-state index in [4.69, 9.17) is 4.74 Å². The van der Waals surface area contributed by atoms with Crippen LogP contribution in [0, 0.1) is 6.92 Å². The van der Waals surface area contributed by atoms with E-state index in [1.165, 1.54) is 5.56 Å². The van der Waals surface area contributed by atoms with Crippen LogP contribution in [0.5, 0.6) is 5.75 Å². The highest BCUT2D eigenvalue weighted by Gasteiger charge is 2.27. The molecule has 0 unspecified atom stereocenters. The van der Waals surface area contributed by atoms with Crippen molar-refractivity contribution >= 4 is 5.91 Å². The van der Waals surface area contributed by atoms with E-state index in [1.54, 1.807) is 24.0 Å². The SMILES string of the molecule is CCOc1ccccc1C1CCN(C(=O)c2ccc(C)[nH]c2=O)CC1. The molecule has 1 aliphatic rings. The van der Waals surface area contributed by atoms with Gasteiger partial charge in [-0.1, -0.05) is 18.2 Å². The molecular weight excluding hydrogens is 316 g/mol. The van der Waals surface area contributed by atoms with Gasteiger partial charge in [-0.25, -0.2) is 0 Å². The Bertz CT molecular complexity index is 805. The number of amides is 1. The average molecular weight is 340 g/mol. The monoisotopic (exact) mass is 340 g/mol. The first-order chi connectivity index (χ1) is 12.1. The van der Waals surface area contributed by atoms with Crippen molar-refractivity contribution in [1.82, 2.24) is 9.88 Å². The molecule has 0 saturated carbocycles. The molecule has 0 radical (unpaired) electrons. The number of rotatable bonds is 4. The van der Waals surface area contributed by atoms with E-state index in [-0.39, 0.29) is 17.0 Å². The summed E-state index contributed by atoms with van der Waals surface area (Å²) in [5.74, 6) is 1.13. The van der Waals surface area contributed by atoms with E-state index in [2.05, 4.69) is 11.1 Å². The van der Waals surface area contributed by atoms with Gasteiger partial charge < -0.3 is 14.6 Å². The maximum Gasteiger partial charge on any atom is 0.260 e. The number of nitrogens with zero attached hydrogens (tertiary/aromatic N) is 1. The largest absolute Gasteiger partial charge is 0.494 e. The van der Waals surface area contributed by atoms with Crippen LogP contribution in [-0.2, 0) is 0 Å². The second-order valence-corrected chi connectivity index (χ2v) is 6.42. The first kappa shape index (κ1) is 17.3. The lowest BCUT2D eigenvalue weighted by Gasteiger charge is -2.32. The van der Waals surface area contributed by atoms with E-state index in [9.17, 15) is 9.59 Å². The molecule has 5 nitrogen and oxygen atoms in total. The minimum absolute atomic E-state index is 0.183. The summed E-state index contributed by atoms with van der Waals surface area (Å²) in [7, 11) is 0. The predicted molar refractivity (Wildman–Crippen MR) is 97.3 cm³/mol. The lowest BCUT2D eigenvalue weighted by atomic mass is 9.88. The summed E-state index contributed by atoms with van der Waals surface area (Å²) in [5, 5.41) is 0. The van der Waals surface area contributed by atoms with Crippen LogP contribution < -0.4 is 10.3 Å². The Balaban J connectivity index is 1.70. The van der Waals surface area contributed by atoms with Gasteiger partial charge in [-0.15, -0.1) is 0 Å². The molecular formula is C20H24N2O3. The van der Waals surface area contributed by atoms with Crippen LogP contribution in [0.25, 0.3) is 0 Å². The topological polar surface area (TPSA) is 62.4 Å². The molecule has 1 saturated heterocycles. The summed E-state index contributed by atoms with van der Waals surface area (Å²) in [4.78, 5) is 29.1. The number of para-hydroxylation sites is 1. The molecule has 0 spiro atoms. The van der Waals surface area contributed by atoms with Crippen molar-refractivity contribution in [2.24, 2.45) is 0 Å². The van der Waals surface area contributed by atoms with Crippen molar-refractivity contribution in [2.75, 3.05) is 19.7 Å². The molecule has 1 aromatic heterocycles. The normalized spacial score (nSPS) is 15.2. The fourth-order valence-electron chi connectivity index (χ4n) is 3.41. The molecule has 0 atom stereocenters. The molecule has 1 aliphatic heterocycles. The minimum atomic E-state index is -0.311. The fraction of sp³-hybridized carbons (Fsp3) is 0.400. The average Bonchev–Trinajstić information content (AvgIpc) is 2.62. The van der Waals surface area contributed by atoms with Gasteiger partial charge in [-0.3, -0.25) is 9.59 Å². The Kier molecular flexibility index (Phi) is 5.22. The van der Waals surface area contributed by atoms with Crippen molar-refractivity contribution in [1.29, 1.82) is 0 Å². The minimum Gasteiger partial charge on any atom is -0.494 e. The molecule has 1 aromatic carbocycles. The summed E-state index contributed by atoms with van der Waals surface area (Å²) in [6, 6.07) is 11.5. The zero-order chi connectivity index (χ0) is 17.8. The standard InChI is InChI=1S/C20H24N2O3/c1-3-25-18-7-5-4-6-16(18)15-10-12-22(13-11-15)20(24)17-9-8-14(2)21-19(17)23/h4-9,15H,3,10-13H2,1-2H3,(H,21,23). The Morgan fingerprint density at radius 2 is 1.92 bits per heavy atom. The van der Waals surface area contributed by atoms with Crippen LogP contribution in [0.1, 0.15) is 47.3 Å². The van der Waals surface area contributed by atoms with Crippen LogP contribution in [-0.4, -0.2) is 35.5 Å². The fourth-order valence-corrected chi connectivity index (χ4v) is 3.41. The van der Waals surface area contributed by atoms with Crippen LogP contribution >= 0.6 is 0 Å². The van der Waals surface area contributed by atoms with E-state index < -0.39 is 0 Å². The number of hydrogen-bond acceptors (Lipinski definition) is 3. The molecule has 0 aliphatic carbocycles. The van der Waals surface area contributed by atoms with E-state index >= 15 is 0 Å². The third-order valence-corrected chi connectivity index (χ3v) is 4.73. The molecule has 1 fully saturated rings. The predicted octanol–water partition coefficient (Wildman–Crippen LogP) is 3.10.